The zero-order valence-corrected chi connectivity index (χ0v) is 13.0. The minimum Gasteiger partial charge on any atom is -0.462 e. The van der Waals surface area contributed by atoms with E-state index in [0.29, 0.717) is 24.3 Å². The molecule has 1 aliphatic heterocycles. The number of esters is 1. The second-order valence-electron chi connectivity index (χ2n) is 5.51. The summed E-state index contributed by atoms with van der Waals surface area (Å²) in [4.78, 5) is 28.3. The topological polar surface area (TPSA) is 73.2 Å². The molecule has 2 aromatic rings. The molecule has 0 radical (unpaired) electrons. The zero-order chi connectivity index (χ0) is 16.2. The van der Waals surface area contributed by atoms with E-state index in [1.54, 1.807) is 37.4 Å². The molecule has 6 nitrogen and oxygen atoms in total. The van der Waals surface area contributed by atoms with Crippen molar-refractivity contribution in [1.82, 2.24) is 9.55 Å². The van der Waals surface area contributed by atoms with Gasteiger partial charge in [-0.1, -0.05) is 0 Å². The summed E-state index contributed by atoms with van der Waals surface area (Å²) in [5, 5.41) is 2.90. The number of amides is 1. The van der Waals surface area contributed by atoms with Crippen molar-refractivity contribution in [2.75, 3.05) is 11.9 Å². The fraction of sp³-hybridized carbons (Fsp3) is 0.353. The number of carbonyl (C=O) groups is 2. The normalized spacial score (nSPS) is 16.5. The predicted molar refractivity (Wildman–Crippen MR) is 85.1 cm³/mol. The first kappa shape index (κ1) is 15.3. The monoisotopic (exact) mass is 313 g/mol. The van der Waals surface area contributed by atoms with E-state index in [-0.39, 0.29) is 17.8 Å². The van der Waals surface area contributed by atoms with Crippen molar-refractivity contribution in [1.29, 1.82) is 0 Å². The highest BCUT2D eigenvalue weighted by Gasteiger charge is 2.25. The molecule has 1 aromatic carbocycles. The Labute approximate surface area is 134 Å². The molecule has 0 bridgehead atoms. The van der Waals surface area contributed by atoms with Crippen LogP contribution in [0.5, 0.6) is 0 Å². The summed E-state index contributed by atoms with van der Waals surface area (Å²) in [7, 11) is 0. The predicted octanol–water partition coefficient (Wildman–Crippen LogP) is 2.26. The molecule has 1 atom stereocenters. The van der Waals surface area contributed by atoms with E-state index in [1.807, 2.05) is 6.20 Å². The maximum Gasteiger partial charge on any atom is 0.338 e. The van der Waals surface area contributed by atoms with Crippen LogP contribution in [0, 0.1) is 5.92 Å². The smallest absolute Gasteiger partial charge is 0.338 e. The lowest BCUT2D eigenvalue weighted by Crippen LogP contribution is -2.30. The van der Waals surface area contributed by atoms with E-state index >= 15 is 0 Å². The Bertz CT molecular complexity index is 706. The van der Waals surface area contributed by atoms with Gasteiger partial charge in [-0.3, -0.25) is 4.79 Å². The summed E-state index contributed by atoms with van der Waals surface area (Å²) in [6, 6.07) is 6.74. The molecule has 1 amide bonds. The molecule has 6 heteroatoms. The number of benzene rings is 1. The van der Waals surface area contributed by atoms with Gasteiger partial charge in [0.05, 0.1) is 12.2 Å². The van der Waals surface area contributed by atoms with Gasteiger partial charge >= 0.3 is 5.97 Å². The lowest BCUT2D eigenvalue weighted by atomic mass is 9.97. The highest BCUT2D eigenvalue weighted by atomic mass is 16.5. The van der Waals surface area contributed by atoms with Crippen molar-refractivity contribution >= 4 is 17.6 Å². The summed E-state index contributed by atoms with van der Waals surface area (Å²) in [5.74, 6) is 0.510. The molecule has 0 spiro atoms. The first-order chi connectivity index (χ1) is 11.2. The molecule has 23 heavy (non-hydrogen) atoms. The Kier molecular flexibility index (Phi) is 4.41. The van der Waals surface area contributed by atoms with Gasteiger partial charge in [0.15, 0.2) is 0 Å². The average molecular weight is 313 g/mol. The van der Waals surface area contributed by atoms with Gasteiger partial charge in [0, 0.05) is 37.0 Å². The fourth-order valence-corrected chi connectivity index (χ4v) is 2.72. The van der Waals surface area contributed by atoms with Gasteiger partial charge in [-0.2, -0.15) is 0 Å². The Morgan fingerprint density at radius 1 is 1.35 bits per heavy atom. The van der Waals surface area contributed by atoms with E-state index < -0.39 is 0 Å². The van der Waals surface area contributed by atoms with Gasteiger partial charge in [-0.25, -0.2) is 9.78 Å². The highest BCUT2D eigenvalue weighted by molar-refractivity contribution is 5.94. The average Bonchev–Trinajstić information content (AvgIpc) is 3.03. The standard InChI is InChI=1S/C17H19N3O3/c1-2-23-17(22)12-3-5-14(6-4-12)19-16(21)13-7-9-20-10-8-18-15(20)11-13/h3-6,8,10,13H,2,7,9,11H2,1H3,(H,19,21). The second-order valence-corrected chi connectivity index (χ2v) is 5.51. The van der Waals surface area contributed by atoms with Gasteiger partial charge in [0.1, 0.15) is 5.82 Å². The molecule has 0 saturated heterocycles. The second kappa shape index (κ2) is 6.64. The molecule has 1 aliphatic rings. The Hall–Kier alpha value is -2.63. The Morgan fingerprint density at radius 3 is 2.87 bits per heavy atom. The minimum atomic E-state index is -0.357. The molecule has 0 fully saturated rings. The quantitative estimate of drug-likeness (QED) is 0.879. The molecule has 1 unspecified atom stereocenters. The van der Waals surface area contributed by atoms with Crippen molar-refractivity contribution in [3.05, 3.63) is 48.0 Å². The molecule has 0 saturated carbocycles. The molecule has 3 rings (SSSR count). The number of hydrogen-bond acceptors (Lipinski definition) is 4. The molecule has 1 aromatic heterocycles. The summed E-state index contributed by atoms with van der Waals surface area (Å²) in [6.07, 6.45) is 5.16. The number of carbonyl (C=O) groups excluding carboxylic acids is 2. The Morgan fingerprint density at radius 2 is 2.13 bits per heavy atom. The highest BCUT2D eigenvalue weighted by Crippen LogP contribution is 2.21. The summed E-state index contributed by atoms with van der Waals surface area (Å²) >= 11 is 0. The van der Waals surface area contributed by atoms with Crippen LogP contribution in [0.25, 0.3) is 0 Å². The first-order valence-electron chi connectivity index (χ1n) is 7.75. The number of aryl methyl sites for hydroxylation is 1. The largest absolute Gasteiger partial charge is 0.462 e. The Balaban J connectivity index is 1.61. The number of nitrogens with one attached hydrogen (secondary N) is 1. The van der Waals surface area contributed by atoms with E-state index in [2.05, 4.69) is 14.9 Å². The van der Waals surface area contributed by atoms with Crippen LogP contribution < -0.4 is 5.32 Å². The number of aromatic nitrogens is 2. The number of ether oxygens (including phenoxy) is 1. The summed E-state index contributed by atoms with van der Waals surface area (Å²) in [6.45, 7) is 2.92. The number of imidazole rings is 1. The molecular formula is C17H19N3O3. The van der Waals surface area contributed by atoms with E-state index in [9.17, 15) is 9.59 Å². The van der Waals surface area contributed by atoms with E-state index in [1.165, 1.54) is 0 Å². The van der Waals surface area contributed by atoms with Crippen LogP contribution in [-0.4, -0.2) is 28.0 Å². The number of nitrogens with zero attached hydrogens (tertiary/aromatic N) is 2. The zero-order valence-electron chi connectivity index (χ0n) is 13.0. The van der Waals surface area contributed by atoms with Gasteiger partial charge in [-0.15, -0.1) is 0 Å². The third-order valence-electron chi connectivity index (χ3n) is 3.98. The lowest BCUT2D eigenvalue weighted by Gasteiger charge is -2.22. The van der Waals surface area contributed by atoms with Crippen molar-refractivity contribution in [2.45, 2.75) is 26.3 Å². The van der Waals surface area contributed by atoms with Gasteiger partial charge in [0.2, 0.25) is 5.91 Å². The molecule has 1 N–H and O–H groups in total. The summed E-state index contributed by atoms with van der Waals surface area (Å²) in [5.41, 5.74) is 1.15. The van der Waals surface area contributed by atoms with Crippen molar-refractivity contribution in [2.24, 2.45) is 5.92 Å². The van der Waals surface area contributed by atoms with Crippen LogP contribution in [0.3, 0.4) is 0 Å². The number of anilines is 1. The maximum absolute atomic E-state index is 12.4. The van der Waals surface area contributed by atoms with Gasteiger partial charge < -0.3 is 14.6 Å². The number of hydrogen-bond donors (Lipinski definition) is 1. The molecule has 0 aliphatic carbocycles. The van der Waals surface area contributed by atoms with Crippen LogP contribution in [0.15, 0.2) is 36.7 Å². The minimum absolute atomic E-state index is 0.0110. The van der Waals surface area contributed by atoms with Crippen LogP contribution >= 0.6 is 0 Å². The molecular weight excluding hydrogens is 294 g/mol. The number of fused-ring (bicyclic) bond motifs is 1. The van der Waals surface area contributed by atoms with Crippen molar-refractivity contribution < 1.29 is 14.3 Å². The SMILES string of the molecule is CCOC(=O)c1ccc(NC(=O)C2CCn3ccnc3C2)cc1. The van der Waals surface area contributed by atoms with Gasteiger partial charge in [0.25, 0.3) is 0 Å². The van der Waals surface area contributed by atoms with Crippen molar-refractivity contribution in [3.8, 4) is 0 Å². The summed E-state index contributed by atoms with van der Waals surface area (Å²) < 4.78 is 7.02. The first-order valence-corrected chi connectivity index (χ1v) is 7.75. The van der Waals surface area contributed by atoms with Crippen LogP contribution in [-0.2, 0) is 22.5 Å². The van der Waals surface area contributed by atoms with Crippen LogP contribution in [0.4, 0.5) is 5.69 Å². The van der Waals surface area contributed by atoms with Gasteiger partial charge in [-0.05, 0) is 37.6 Å². The fourth-order valence-electron chi connectivity index (χ4n) is 2.72. The molecule has 2 heterocycles. The van der Waals surface area contributed by atoms with E-state index in [4.69, 9.17) is 4.74 Å². The maximum atomic E-state index is 12.4. The van der Waals surface area contributed by atoms with Crippen molar-refractivity contribution in [3.63, 3.8) is 0 Å². The third-order valence-corrected chi connectivity index (χ3v) is 3.98. The van der Waals surface area contributed by atoms with Crippen LogP contribution in [0.2, 0.25) is 0 Å². The molecule has 120 valence electrons. The lowest BCUT2D eigenvalue weighted by molar-refractivity contribution is -0.120. The third kappa shape index (κ3) is 3.41. The number of rotatable bonds is 4. The van der Waals surface area contributed by atoms with Crippen LogP contribution in [0.1, 0.15) is 29.5 Å². The van der Waals surface area contributed by atoms with E-state index in [0.717, 1.165) is 18.8 Å².